The third-order valence-corrected chi connectivity index (χ3v) is 1.75. The normalized spacial score (nSPS) is 11.6. The molecule has 7 nitrogen and oxygen atoms in total. The van der Waals surface area contributed by atoms with Crippen LogP contribution in [0, 0.1) is 29.4 Å². The topological polar surface area (TPSA) is 104 Å². The van der Waals surface area contributed by atoms with Crippen LogP contribution >= 0.6 is 0 Å². The van der Waals surface area contributed by atoms with Gasteiger partial charge in [0.05, 0.1) is 4.92 Å². The van der Waals surface area contributed by atoms with Gasteiger partial charge in [-0.1, -0.05) is 5.92 Å². The number of rotatable bonds is 3. The van der Waals surface area contributed by atoms with Gasteiger partial charge in [-0.25, -0.2) is 4.98 Å². The molecule has 1 rings (SSSR count). The molecule has 1 unspecified atom stereocenters. The third kappa shape index (κ3) is 2.36. The van der Waals surface area contributed by atoms with Gasteiger partial charge in [0.15, 0.2) is 6.10 Å². The Bertz CT molecular complexity index is 467. The quantitative estimate of drug-likeness (QED) is 0.458. The molecule has 84 valence electrons. The highest BCUT2D eigenvalue weighted by molar-refractivity contribution is 5.47. The molecule has 0 aliphatic carbocycles. The Morgan fingerprint density at radius 3 is 2.75 bits per heavy atom. The Labute approximate surface area is 91.8 Å². The van der Waals surface area contributed by atoms with Gasteiger partial charge in [-0.2, -0.15) is 4.98 Å². The van der Waals surface area contributed by atoms with Crippen LogP contribution in [0.25, 0.3) is 0 Å². The summed E-state index contributed by atoms with van der Waals surface area (Å²) in [6.07, 6.45) is 4.47. The molecule has 1 aromatic rings. The number of aromatic nitrogens is 2. The fourth-order valence-corrected chi connectivity index (χ4v) is 1.06. The van der Waals surface area contributed by atoms with Gasteiger partial charge < -0.3 is 10.5 Å². The molecule has 1 atom stereocenters. The van der Waals surface area contributed by atoms with Crippen molar-refractivity contribution in [3.8, 4) is 18.2 Å². The summed E-state index contributed by atoms with van der Waals surface area (Å²) in [5, 5.41) is 10.8. The molecular weight excluding hydrogens is 212 g/mol. The molecule has 0 aromatic carbocycles. The van der Waals surface area contributed by atoms with Crippen molar-refractivity contribution in [1.29, 1.82) is 0 Å². The molecule has 2 N–H and O–H groups in total. The standard InChI is InChI=1S/C9H10N4O3/c1-4-5(2)16-8-7(13(14)15)6(3)11-9(10)12-8/h1,5H,2-3H3,(H2,10,11,12). The van der Waals surface area contributed by atoms with Crippen LogP contribution in [0.3, 0.4) is 0 Å². The minimum atomic E-state index is -0.632. The van der Waals surface area contributed by atoms with Gasteiger partial charge in [0.2, 0.25) is 5.95 Å². The van der Waals surface area contributed by atoms with E-state index in [0.717, 1.165) is 0 Å². The van der Waals surface area contributed by atoms with Crippen LogP contribution in [0.2, 0.25) is 0 Å². The lowest BCUT2D eigenvalue weighted by Gasteiger charge is -2.09. The number of hydrogen-bond acceptors (Lipinski definition) is 6. The molecular formula is C9H10N4O3. The highest BCUT2D eigenvalue weighted by atomic mass is 16.6. The summed E-state index contributed by atoms with van der Waals surface area (Å²) < 4.78 is 5.11. The first-order valence-electron chi connectivity index (χ1n) is 4.37. The number of nitrogen functional groups attached to an aromatic ring is 1. The van der Waals surface area contributed by atoms with Gasteiger partial charge in [-0.3, -0.25) is 10.1 Å². The summed E-state index contributed by atoms with van der Waals surface area (Å²) in [5.74, 6) is 1.97. The highest BCUT2D eigenvalue weighted by Crippen LogP contribution is 2.28. The van der Waals surface area contributed by atoms with Crippen molar-refractivity contribution in [2.75, 3.05) is 5.73 Å². The van der Waals surface area contributed by atoms with Crippen LogP contribution in [0.5, 0.6) is 5.88 Å². The summed E-state index contributed by atoms with van der Waals surface area (Å²) in [4.78, 5) is 17.5. The molecule has 0 saturated carbocycles. The Balaban J connectivity index is 3.25. The number of nitro groups is 1. The molecule has 0 aliphatic heterocycles. The van der Waals surface area contributed by atoms with E-state index in [9.17, 15) is 10.1 Å². The number of anilines is 1. The number of terminal acetylenes is 1. The fourth-order valence-electron chi connectivity index (χ4n) is 1.06. The molecule has 0 radical (unpaired) electrons. The lowest BCUT2D eigenvalue weighted by atomic mass is 10.3. The number of nitrogens with two attached hydrogens (primary N) is 1. The van der Waals surface area contributed by atoms with Crippen LogP contribution < -0.4 is 10.5 Å². The summed E-state index contributed by atoms with van der Waals surface area (Å²) in [6.45, 7) is 3.01. The maximum Gasteiger partial charge on any atom is 0.352 e. The van der Waals surface area contributed by atoms with E-state index >= 15 is 0 Å². The number of aryl methyl sites for hydroxylation is 1. The predicted molar refractivity (Wildman–Crippen MR) is 56.8 cm³/mol. The van der Waals surface area contributed by atoms with Crippen molar-refractivity contribution >= 4 is 11.6 Å². The highest BCUT2D eigenvalue weighted by Gasteiger charge is 2.24. The van der Waals surface area contributed by atoms with E-state index in [2.05, 4.69) is 15.9 Å². The van der Waals surface area contributed by atoms with Crippen molar-refractivity contribution < 1.29 is 9.66 Å². The molecule has 1 heterocycles. The maximum absolute atomic E-state index is 10.8. The number of ether oxygens (including phenoxy) is 1. The molecule has 0 saturated heterocycles. The van der Waals surface area contributed by atoms with E-state index < -0.39 is 11.0 Å². The van der Waals surface area contributed by atoms with E-state index in [1.54, 1.807) is 6.92 Å². The summed E-state index contributed by atoms with van der Waals surface area (Å²) in [7, 11) is 0. The molecule has 0 bridgehead atoms. The molecule has 0 spiro atoms. The monoisotopic (exact) mass is 222 g/mol. The van der Waals surface area contributed by atoms with Crippen molar-refractivity contribution in [3.63, 3.8) is 0 Å². The minimum Gasteiger partial charge on any atom is -0.456 e. The van der Waals surface area contributed by atoms with Crippen LogP contribution in [0.15, 0.2) is 0 Å². The Hall–Kier alpha value is -2.36. The van der Waals surface area contributed by atoms with E-state index in [4.69, 9.17) is 16.9 Å². The first-order chi connectivity index (χ1) is 7.45. The lowest BCUT2D eigenvalue weighted by molar-refractivity contribution is -0.387. The van der Waals surface area contributed by atoms with Crippen LogP contribution in [-0.4, -0.2) is 21.0 Å². The average molecular weight is 222 g/mol. The predicted octanol–water partition coefficient (Wildman–Crippen LogP) is 0.676. The smallest absolute Gasteiger partial charge is 0.352 e. The van der Waals surface area contributed by atoms with E-state index in [-0.39, 0.29) is 23.2 Å². The van der Waals surface area contributed by atoms with Crippen LogP contribution in [0.1, 0.15) is 12.6 Å². The Morgan fingerprint density at radius 2 is 2.25 bits per heavy atom. The molecule has 16 heavy (non-hydrogen) atoms. The largest absolute Gasteiger partial charge is 0.456 e. The van der Waals surface area contributed by atoms with E-state index in [1.807, 2.05) is 0 Å². The molecule has 0 fully saturated rings. The summed E-state index contributed by atoms with van der Waals surface area (Å²) >= 11 is 0. The number of nitrogens with zero attached hydrogens (tertiary/aromatic N) is 3. The van der Waals surface area contributed by atoms with Gasteiger partial charge in [0.25, 0.3) is 0 Å². The second-order valence-electron chi connectivity index (χ2n) is 3.00. The van der Waals surface area contributed by atoms with E-state index in [1.165, 1.54) is 6.92 Å². The van der Waals surface area contributed by atoms with Crippen LogP contribution in [0.4, 0.5) is 11.6 Å². The third-order valence-electron chi connectivity index (χ3n) is 1.75. The lowest BCUT2D eigenvalue weighted by Crippen LogP contribution is -2.13. The minimum absolute atomic E-state index is 0.0951. The van der Waals surface area contributed by atoms with Crippen LogP contribution in [-0.2, 0) is 0 Å². The summed E-state index contributed by atoms with van der Waals surface area (Å²) in [5.41, 5.74) is 5.18. The molecule has 0 aliphatic rings. The first-order valence-corrected chi connectivity index (χ1v) is 4.37. The Kier molecular flexibility index (Phi) is 3.25. The summed E-state index contributed by atoms with van der Waals surface area (Å²) in [6, 6.07) is 0. The zero-order chi connectivity index (χ0) is 12.3. The molecule has 7 heteroatoms. The van der Waals surface area contributed by atoms with Gasteiger partial charge >= 0.3 is 11.6 Å². The zero-order valence-corrected chi connectivity index (χ0v) is 8.80. The second kappa shape index (κ2) is 4.44. The van der Waals surface area contributed by atoms with Gasteiger partial charge in [-0.15, -0.1) is 6.42 Å². The zero-order valence-electron chi connectivity index (χ0n) is 8.80. The van der Waals surface area contributed by atoms with Gasteiger partial charge in [-0.05, 0) is 13.8 Å². The SMILES string of the molecule is C#CC(C)Oc1nc(N)nc(C)c1[N+](=O)[O-]. The first kappa shape index (κ1) is 11.7. The second-order valence-corrected chi connectivity index (χ2v) is 3.00. The number of hydrogen-bond donors (Lipinski definition) is 1. The molecule has 1 aromatic heterocycles. The van der Waals surface area contributed by atoms with Crippen molar-refractivity contribution in [3.05, 3.63) is 15.8 Å². The Morgan fingerprint density at radius 1 is 1.62 bits per heavy atom. The molecule has 0 amide bonds. The fraction of sp³-hybridized carbons (Fsp3) is 0.333. The van der Waals surface area contributed by atoms with Crippen molar-refractivity contribution in [1.82, 2.24) is 9.97 Å². The van der Waals surface area contributed by atoms with Crippen molar-refractivity contribution in [2.24, 2.45) is 0 Å². The van der Waals surface area contributed by atoms with E-state index in [0.29, 0.717) is 0 Å². The van der Waals surface area contributed by atoms with Crippen molar-refractivity contribution in [2.45, 2.75) is 20.0 Å². The van der Waals surface area contributed by atoms with Gasteiger partial charge in [0.1, 0.15) is 5.69 Å². The van der Waals surface area contributed by atoms with Gasteiger partial charge in [0, 0.05) is 0 Å². The average Bonchev–Trinajstić information content (AvgIpc) is 2.15. The maximum atomic E-state index is 10.8.